The van der Waals surface area contributed by atoms with E-state index in [1.807, 2.05) is 72.8 Å². The van der Waals surface area contributed by atoms with E-state index in [4.69, 9.17) is 19.4 Å². The number of carbonyl (C=O) groups excluding carboxylic acids is 2. The molecule has 0 aliphatic carbocycles. The molecule has 0 radical (unpaired) electrons. The molecule has 0 heterocycles. The highest BCUT2D eigenvalue weighted by molar-refractivity contribution is 6.06. The van der Waals surface area contributed by atoms with Crippen molar-refractivity contribution in [3.63, 3.8) is 0 Å². The molecule has 0 bridgehead atoms. The zero-order valence-electron chi connectivity index (χ0n) is 19.4. The molecule has 0 atom stereocenters. The summed E-state index contributed by atoms with van der Waals surface area (Å²) in [5.41, 5.74) is 0.288. The van der Waals surface area contributed by atoms with Crippen molar-refractivity contribution in [3.05, 3.63) is 120 Å². The van der Waals surface area contributed by atoms with Crippen LogP contribution in [0.2, 0.25) is 0 Å². The smallest absolute Gasteiger partial charge is 0.344 e. The van der Waals surface area contributed by atoms with E-state index < -0.39 is 17.9 Å². The maximum absolute atomic E-state index is 13.0. The first-order chi connectivity index (χ1) is 17.4. The summed E-state index contributed by atoms with van der Waals surface area (Å²) >= 11 is 0. The number of hydrogen-bond donors (Lipinski definition) is 1. The Labute approximate surface area is 207 Å². The third-order valence-corrected chi connectivity index (χ3v) is 5.27. The fourth-order valence-corrected chi connectivity index (χ4v) is 3.72. The van der Waals surface area contributed by atoms with Gasteiger partial charge in [-0.15, -0.1) is 0 Å². The highest BCUT2D eigenvalue weighted by Gasteiger charge is 2.21. The fourth-order valence-electron chi connectivity index (χ4n) is 3.72. The Hall–Kier alpha value is -4.97. The van der Waals surface area contributed by atoms with Crippen molar-refractivity contribution in [2.75, 3.05) is 0 Å². The molecule has 0 aromatic heterocycles. The Morgan fingerprint density at radius 2 is 0.861 bits per heavy atom. The molecule has 0 saturated heterocycles. The number of carbonyl (C=O) groups is 3. The van der Waals surface area contributed by atoms with Crippen LogP contribution < -0.4 is 9.47 Å². The molecule has 0 fully saturated rings. The van der Waals surface area contributed by atoms with Gasteiger partial charge in [-0.25, -0.2) is 9.59 Å². The van der Waals surface area contributed by atoms with E-state index in [9.17, 15) is 9.59 Å². The Morgan fingerprint density at radius 1 is 0.528 bits per heavy atom. The summed E-state index contributed by atoms with van der Waals surface area (Å²) in [6.45, 7) is 1.08. The molecule has 6 nitrogen and oxygen atoms in total. The summed E-state index contributed by atoms with van der Waals surface area (Å²) in [6, 6.07) is 32.8. The number of benzene rings is 5. The van der Waals surface area contributed by atoms with Crippen molar-refractivity contribution >= 4 is 39.5 Å². The van der Waals surface area contributed by atoms with E-state index >= 15 is 0 Å². The van der Waals surface area contributed by atoms with Crippen LogP contribution in [-0.2, 0) is 4.79 Å². The van der Waals surface area contributed by atoms with Gasteiger partial charge in [0.25, 0.3) is 5.97 Å². The van der Waals surface area contributed by atoms with Crippen LogP contribution in [-0.4, -0.2) is 23.0 Å². The first-order valence-electron chi connectivity index (χ1n) is 11.1. The number of esters is 2. The number of carboxylic acids is 1. The van der Waals surface area contributed by atoms with Crippen LogP contribution in [0, 0.1) is 0 Å². The number of ether oxygens (including phenoxy) is 2. The molecule has 5 aromatic rings. The SMILES string of the molecule is CC(=O)O.O=C(Oc1cccc2ccccc12)c1ccccc1C(=O)Oc1cccc2ccccc12. The average molecular weight is 479 g/mol. The third-order valence-electron chi connectivity index (χ3n) is 5.27. The van der Waals surface area contributed by atoms with E-state index in [1.165, 1.54) is 0 Å². The van der Waals surface area contributed by atoms with E-state index in [-0.39, 0.29) is 11.1 Å². The lowest BCUT2D eigenvalue weighted by atomic mass is 10.1. The van der Waals surface area contributed by atoms with Crippen LogP contribution in [0.15, 0.2) is 109 Å². The van der Waals surface area contributed by atoms with Crippen molar-refractivity contribution in [1.29, 1.82) is 0 Å². The molecule has 6 heteroatoms. The summed E-state index contributed by atoms with van der Waals surface area (Å²) < 4.78 is 11.4. The number of rotatable bonds is 4. The highest BCUT2D eigenvalue weighted by atomic mass is 16.5. The molecule has 1 N–H and O–H groups in total. The van der Waals surface area contributed by atoms with Gasteiger partial charge >= 0.3 is 11.9 Å². The Bertz CT molecular complexity index is 1440. The summed E-state index contributed by atoms with van der Waals surface area (Å²) in [5, 5.41) is 11.0. The van der Waals surface area contributed by atoms with Crippen molar-refractivity contribution in [2.24, 2.45) is 0 Å². The number of fused-ring (bicyclic) bond motifs is 2. The molecule has 0 aliphatic rings. The minimum Gasteiger partial charge on any atom is -0.481 e. The van der Waals surface area contributed by atoms with Crippen molar-refractivity contribution in [1.82, 2.24) is 0 Å². The molecule has 5 aromatic carbocycles. The van der Waals surface area contributed by atoms with Crippen molar-refractivity contribution < 1.29 is 29.0 Å². The van der Waals surface area contributed by atoms with Gasteiger partial charge < -0.3 is 14.6 Å². The predicted molar refractivity (Wildman–Crippen MR) is 138 cm³/mol. The number of hydrogen-bond acceptors (Lipinski definition) is 5. The normalized spacial score (nSPS) is 10.2. The number of aliphatic carboxylic acids is 1. The summed E-state index contributed by atoms with van der Waals surface area (Å²) in [7, 11) is 0. The monoisotopic (exact) mass is 478 g/mol. The van der Waals surface area contributed by atoms with Crippen LogP contribution in [0.25, 0.3) is 21.5 Å². The van der Waals surface area contributed by atoms with Crippen LogP contribution >= 0.6 is 0 Å². The van der Waals surface area contributed by atoms with Gasteiger partial charge in [-0.2, -0.15) is 0 Å². The van der Waals surface area contributed by atoms with Gasteiger partial charge in [0.05, 0.1) is 11.1 Å². The molecular formula is C30H22O6. The van der Waals surface area contributed by atoms with Gasteiger partial charge in [-0.1, -0.05) is 84.9 Å². The van der Waals surface area contributed by atoms with Gasteiger partial charge in [0.15, 0.2) is 0 Å². The predicted octanol–water partition coefficient (Wildman–Crippen LogP) is 6.52. The Kier molecular flexibility index (Phi) is 7.36. The molecule has 178 valence electrons. The maximum atomic E-state index is 13.0. The van der Waals surface area contributed by atoms with Crippen molar-refractivity contribution in [3.8, 4) is 11.5 Å². The zero-order valence-corrected chi connectivity index (χ0v) is 19.4. The molecule has 5 rings (SSSR count). The van der Waals surface area contributed by atoms with Crippen molar-refractivity contribution in [2.45, 2.75) is 6.92 Å². The quantitative estimate of drug-likeness (QED) is 0.234. The zero-order chi connectivity index (χ0) is 25.5. The van der Waals surface area contributed by atoms with Gasteiger partial charge in [-0.3, -0.25) is 4.79 Å². The largest absolute Gasteiger partial charge is 0.481 e. The van der Waals surface area contributed by atoms with Gasteiger partial charge in [0.2, 0.25) is 0 Å². The molecule has 0 amide bonds. The molecule has 0 aliphatic heterocycles. The Balaban J connectivity index is 0.000000709. The first-order valence-corrected chi connectivity index (χ1v) is 11.1. The summed E-state index contributed by atoms with van der Waals surface area (Å²) in [4.78, 5) is 35.0. The van der Waals surface area contributed by atoms with E-state index in [0.717, 1.165) is 28.5 Å². The average Bonchev–Trinajstić information content (AvgIpc) is 2.89. The highest BCUT2D eigenvalue weighted by Crippen LogP contribution is 2.28. The molecule has 0 saturated carbocycles. The van der Waals surface area contributed by atoms with E-state index in [2.05, 4.69) is 0 Å². The standard InChI is InChI=1S/C28H18O4.C2H4O2/c29-27(31-25-17-7-11-19-9-1-3-13-21(19)25)23-15-5-6-16-24(23)28(30)32-26-18-8-12-20-10-2-4-14-22(20)26;1-2(3)4/h1-18H;1H3,(H,3,4). The molecule has 0 spiro atoms. The molecular weight excluding hydrogens is 456 g/mol. The topological polar surface area (TPSA) is 89.9 Å². The minimum atomic E-state index is -0.833. The lowest BCUT2D eigenvalue weighted by Gasteiger charge is -2.12. The van der Waals surface area contributed by atoms with Gasteiger partial charge in [0, 0.05) is 17.7 Å². The lowest BCUT2D eigenvalue weighted by Crippen LogP contribution is -2.17. The van der Waals surface area contributed by atoms with E-state index in [1.54, 1.807) is 36.4 Å². The van der Waals surface area contributed by atoms with Crippen LogP contribution in [0.1, 0.15) is 27.6 Å². The summed E-state index contributed by atoms with van der Waals surface area (Å²) in [6.07, 6.45) is 0. The second-order valence-electron chi connectivity index (χ2n) is 7.80. The van der Waals surface area contributed by atoms with E-state index in [0.29, 0.717) is 11.5 Å². The second-order valence-corrected chi connectivity index (χ2v) is 7.80. The van der Waals surface area contributed by atoms with Crippen LogP contribution in [0.4, 0.5) is 0 Å². The first kappa shape index (κ1) is 24.2. The number of carboxylic acid groups (broad SMARTS) is 1. The summed E-state index contributed by atoms with van der Waals surface area (Å²) in [5.74, 6) is -1.20. The third kappa shape index (κ3) is 5.56. The Morgan fingerprint density at radius 3 is 1.28 bits per heavy atom. The van der Waals surface area contributed by atoms with Crippen LogP contribution in [0.3, 0.4) is 0 Å². The molecule has 0 unspecified atom stereocenters. The minimum absolute atomic E-state index is 0.144. The maximum Gasteiger partial charge on any atom is 0.344 e. The molecule has 36 heavy (non-hydrogen) atoms. The van der Waals surface area contributed by atoms with Crippen LogP contribution in [0.5, 0.6) is 11.5 Å². The van der Waals surface area contributed by atoms with Gasteiger partial charge in [0.1, 0.15) is 11.5 Å². The fraction of sp³-hybridized carbons (Fsp3) is 0.0333. The lowest BCUT2D eigenvalue weighted by molar-refractivity contribution is -0.134. The van der Waals surface area contributed by atoms with Gasteiger partial charge in [-0.05, 0) is 35.0 Å². The second kappa shape index (κ2) is 11.0.